The summed E-state index contributed by atoms with van der Waals surface area (Å²) in [7, 11) is 0. The normalized spacial score (nSPS) is 24.3. The van der Waals surface area contributed by atoms with E-state index in [1.807, 2.05) is 0 Å². The Morgan fingerprint density at radius 1 is 1.65 bits per heavy atom. The molecule has 1 aliphatic rings. The van der Waals surface area contributed by atoms with Crippen LogP contribution in [0.4, 0.5) is 5.82 Å². The van der Waals surface area contributed by atoms with Gasteiger partial charge in [0.2, 0.25) is 0 Å². The van der Waals surface area contributed by atoms with Crippen LogP contribution in [0.15, 0.2) is 12.5 Å². The molecular weight excluding hydrogens is 236 g/mol. The summed E-state index contributed by atoms with van der Waals surface area (Å²) in [6, 6.07) is 0.349. The molecule has 0 radical (unpaired) electrons. The molecule has 0 spiro atoms. The first-order valence-electron chi connectivity index (χ1n) is 5.64. The van der Waals surface area contributed by atoms with Crippen molar-refractivity contribution in [2.24, 2.45) is 5.73 Å². The molecule has 2 unspecified atom stereocenters. The van der Waals surface area contributed by atoms with Crippen molar-refractivity contribution < 1.29 is 4.74 Å². The largest absolute Gasteiger partial charge is 0.389 e. The molecule has 92 valence electrons. The Morgan fingerprint density at radius 2 is 2.47 bits per heavy atom. The lowest BCUT2D eigenvalue weighted by Crippen LogP contribution is -2.33. The number of thiocarbonyl (C=S) groups is 1. The van der Waals surface area contributed by atoms with Crippen LogP contribution in [0.5, 0.6) is 0 Å². The minimum Gasteiger partial charge on any atom is -0.389 e. The maximum atomic E-state index is 5.63. The fraction of sp³-hybridized carbons (Fsp3) is 0.545. The van der Waals surface area contributed by atoms with Gasteiger partial charge in [-0.15, -0.1) is 0 Å². The zero-order valence-electron chi connectivity index (χ0n) is 9.72. The summed E-state index contributed by atoms with van der Waals surface area (Å²) in [5, 5.41) is 3.36. The van der Waals surface area contributed by atoms with E-state index in [1.165, 1.54) is 6.33 Å². The Kier molecular flexibility index (Phi) is 3.86. The third-order valence-electron chi connectivity index (χ3n) is 2.80. The molecule has 1 aromatic rings. The zero-order valence-corrected chi connectivity index (χ0v) is 10.5. The van der Waals surface area contributed by atoms with E-state index in [0.29, 0.717) is 22.4 Å². The second kappa shape index (κ2) is 5.37. The molecule has 3 N–H and O–H groups in total. The van der Waals surface area contributed by atoms with Crippen molar-refractivity contribution in [3.8, 4) is 0 Å². The second-order valence-corrected chi connectivity index (χ2v) is 4.64. The van der Waals surface area contributed by atoms with Crippen molar-refractivity contribution in [3.05, 3.63) is 18.1 Å². The lowest BCUT2D eigenvalue weighted by Gasteiger charge is -2.28. The average Bonchev–Trinajstić information content (AvgIpc) is 2.29. The Labute approximate surface area is 106 Å². The Morgan fingerprint density at radius 3 is 3.18 bits per heavy atom. The lowest BCUT2D eigenvalue weighted by molar-refractivity contribution is 0.0232. The predicted octanol–water partition coefficient (Wildman–Crippen LogP) is 1.09. The average molecular weight is 252 g/mol. The first-order valence-corrected chi connectivity index (χ1v) is 6.05. The van der Waals surface area contributed by atoms with Gasteiger partial charge in [0.15, 0.2) is 0 Å². The van der Waals surface area contributed by atoms with Crippen LogP contribution >= 0.6 is 12.2 Å². The van der Waals surface area contributed by atoms with Crippen molar-refractivity contribution in [3.63, 3.8) is 0 Å². The highest BCUT2D eigenvalue weighted by atomic mass is 32.1. The van der Waals surface area contributed by atoms with Gasteiger partial charge in [0.05, 0.1) is 11.7 Å². The first kappa shape index (κ1) is 12.2. The molecular formula is C11H16N4OS. The molecule has 2 atom stereocenters. The van der Waals surface area contributed by atoms with Gasteiger partial charge < -0.3 is 15.8 Å². The highest BCUT2D eigenvalue weighted by Crippen LogP contribution is 2.19. The summed E-state index contributed by atoms with van der Waals surface area (Å²) in [6.07, 6.45) is 5.33. The molecule has 0 amide bonds. The molecule has 1 aliphatic heterocycles. The van der Waals surface area contributed by atoms with Gasteiger partial charge in [-0.3, -0.25) is 0 Å². The third-order valence-corrected chi connectivity index (χ3v) is 3.02. The highest BCUT2D eigenvalue weighted by Gasteiger charge is 2.20. The van der Waals surface area contributed by atoms with Crippen LogP contribution in [0.25, 0.3) is 0 Å². The number of hydrogen-bond donors (Lipinski definition) is 2. The molecule has 0 saturated carbocycles. The fourth-order valence-electron chi connectivity index (χ4n) is 1.95. The SMILES string of the molecule is CC1CC(Nc2ncncc2C(N)=S)CCO1. The van der Waals surface area contributed by atoms with Crippen LogP contribution in [0.3, 0.4) is 0 Å². The van der Waals surface area contributed by atoms with Crippen molar-refractivity contribution in [2.75, 3.05) is 11.9 Å². The van der Waals surface area contributed by atoms with E-state index in [1.54, 1.807) is 6.20 Å². The van der Waals surface area contributed by atoms with Crippen molar-refractivity contribution in [1.82, 2.24) is 9.97 Å². The van der Waals surface area contributed by atoms with Crippen molar-refractivity contribution >= 4 is 23.0 Å². The van der Waals surface area contributed by atoms with Gasteiger partial charge in [-0.05, 0) is 19.8 Å². The van der Waals surface area contributed by atoms with Gasteiger partial charge in [0, 0.05) is 18.8 Å². The fourth-order valence-corrected chi connectivity index (χ4v) is 2.10. The number of nitrogens with zero attached hydrogens (tertiary/aromatic N) is 2. The number of rotatable bonds is 3. The van der Waals surface area contributed by atoms with Crippen LogP contribution in [0, 0.1) is 0 Å². The third kappa shape index (κ3) is 3.10. The zero-order chi connectivity index (χ0) is 12.3. The van der Waals surface area contributed by atoms with E-state index in [9.17, 15) is 0 Å². The quantitative estimate of drug-likeness (QED) is 0.785. The van der Waals surface area contributed by atoms with Crippen LogP contribution in [-0.2, 0) is 4.74 Å². The molecule has 2 heterocycles. The molecule has 0 aromatic carbocycles. The minimum atomic E-state index is 0.274. The molecule has 5 nitrogen and oxygen atoms in total. The topological polar surface area (TPSA) is 73.1 Å². The van der Waals surface area contributed by atoms with E-state index in [-0.39, 0.29) is 6.10 Å². The van der Waals surface area contributed by atoms with E-state index >= 15 is 0 Å². The Bertz CT molecular complexity index is 412. The van der Waals surface area contributed by atoms with Crippen molar-refractivity contribution in [1.29, 1.82) is 0 Å². The van der Waals surface area contributed by atoms with E-state index in [4.69, 9.17) is 22.7 Å². The predicted molar refractivity (Wildman–Crippen MR) is 70.0 cm³/mol. The summed E-state index contributed by atoms with van der Waals surface area (Å²) in [6.45, 7) is 2.84. The molecule has 1 aromatic heterocycles. The summed E-state index contributed by atoms with van der Waals surface area (Å²) < 4.78 is 5.50. The second-order valence-electron chi connectivity index (χ2n) is 4.20. The number of aromatic nitrogens is 2. The summed E-state index contributed by atoms with van der Waals surface area (Å²) in [5.74, 6) is 0.714. The van der Waals surface area contributed by atoms with Gasteiger partial charge in [0.1, 0.15) is 17.1 Å². The number of nitrogens with one attached hydrogen (secondary N) is 1. The van der Waals surface area contributed by atoms with Gasteiger partial charge in [-0.1, -0.05) is 12.2 Å². The number of anilines is 1. The molecule has 0 aliphatic carbocycles. The summed E-state index contributed by atoms with van der Waals surface area (Å²) in [5.41, 5.74) is 6.33. The molecule has 0 bridgehead atoms. The van der Waals surface area contributed by atoms with Gasteiger partial charge in [0.25, 0.3) is 0 Å². The first-order chi connectivity index (χ1) is 8.16. The molecule has 17 heavy (non-hydrogen) atoms. The van der Waals surface area contributed by atoms with E-state index in [2.05, 4.69) is 22.2 Å². The number of ether oxygens (including phenoxy) is 1. The van der Waals surface area contributed by atoms with Crippen LogP contribution < -0.4 is 11.1 Å². The molecule has 1 saturated heterocycles. The molecule has 6 heteroatoms. The monoisotopic (exact) mass is 252 g/mol. The smallest absolute Gasteiger partial charge is 0.139 e. The summed E-state index contributed by atoms with van der Waals surface area (Å²) >= 11 is 4.97. The van der Waals surface area contributed by atoms with Gasteiger partial charge in [-0.25, -0.2) is 9.97 Å². The minimum absolute atomic E-state index is 0.274. The number of hydrogen-bond acceptors (Lipinski definition) is 5. The van der Waals surface area contributed by atoms with Gasteiger partial charge in [-0.2, -0.15) is 0 Å². The van der Waals surface area contributed by atoms with E-state index < -0.39 is 0 Å². The summed E-state index contributed by atoms with van der Waals surface area (Å²) in [4.78, 5) is 8.43. The van der Waals surface area contributed by atoms with Crippen LogP contribution in [0.1, 0.15) is 25.3 Å². The maximum Gasteiger partial charge on any atom is 0.139 e. The maximum absolute atomic E-state index is 5.63. The van der Waals surface area contributed by atoms with Crippen LogP contribution in [0.2, 0.25) is 0 Å². The Hall–Kier alpha value is -1.27. The van der Waals surface area contributed by atoms with Crippen LogP contribution in [-0.4, -0.2) is 33.7 Å². The Balaban J connectivity index is 2.10. The highest BCUT2D eigenvalue weighted by molar-refractivity contribution is 7.80. The molecule has 1 fully saturated rings. The van der Waals surface area contributed by atoms with Gasteiger partial charge >= 0.3 is 0 Å². The number of nitrogens with two attached hydrogens (primary N) is 1. The van der Waals surface area contributed by atoms with Crippen molar-refractivity contribution in [2.45, 2.75) is 31.9 Å². The standard InChI is InChI=1S/C11H16N4OS/c1-7-4-8(2-3-16-7)15-11-9(10(12)17)5-13-6-14-11/h5-8H,2-4H2,1H3,(H2,12,17)(H,13,14,15). The van der Waals surface area contributed by atoms with E-state index in [0.717, 1.165) is 19.4 Å². The lowest BCUT2D eigenvalue weighted by atomic mass is 10.0. The molecule has 2 rings (SSSR count).